The maximum Gasteiger partial charge on any atom is 0.191 e. The van der Waals surface area contributed by atoms with E-state index in [1.54, 1.807) is 7.11 Å². The van der Waals surface area contributed by atoms with Crippen molar-refractivity contribution in [3.8, 4) is 5.75 Å². The van der Waals surface area contributed by atoms with Crippen molar-refractivity contribution in [2.75, 3.05) is 25.7 Å². The minimum absolute atomic E-state index is 0.0154. The smallest absolute Gasteiger partial charge is 0.191 e. The monoisotopic (exact) mass is 391 g/mol. The number of sulfone groups is 1. The van der Waals surface area contributed by atoms with Crippen molar-refractivity contribution >= 4 is 26.6 Å². The molecule has 0 aliphatic carbocycles. The van der Waals surface area contributed by atoms with Crippen LogP contribution in [-0.2, 0) is 16.4 Å². The van der Waals surface area contributed by atoms with Crippen molar-refractivity contribution in [2.24, 2.45) is 4.99 Å². The molecule has 0 amide bonds. The molecule has 2 N–H and O–H groups in total. The van der Waals surface area contributed by atoms with Gasteiger partial charge in [-0.1, -0.05) is 18.2 Å². The van der Waals surface area contributed by atoms with Crippen molar-refractivity contribution in [1.29, 1.82) is 0 Å². The highest BCUT2D eigenvalue weighted by Gasteiger charge is 2.09. The Morgan fingerprint density at radius 1 is 1.19 bits per heavy atom. The van der Waals surface area contributed by atoms with Gasteiger partial charge in [-0.2, -0.15) is 0 Å². The van der Waals surface area contributed by atoms with Crippen molar-refractivity contribution in [3.63, 3.8) is 0 Å². The molecule has 0 aliphatic heterocycles. The van der Waals surface area contributed by atoms with Crippen LogP contribution in [0, 0.1) is 0 Å². The van der Waals surface area contributed by atoms with Crippen molar-refractivity contribution in [3.05, 3.63) is 42.0 Å². The van der Waals surface area contributed by atoms with Gasteiger partial charge in [0, 0.05) is 18.8 Å². The molecule has 27 heavy (non-hydrogen) atoms. The molecule has 0 aliphatic rings. The van der Waals surface area contributed by atoms with Gasteiger partial charge in [0.05, 0.1) is 19.4 Å². The first-order valence-corrected chi connectivity index (χ1v) is 11.2. The summed E-state index contributed by atoms with van der Waals surface area (Å²) in [5, 5.41) is 8.74. The first kappa shape index (κ1) is 21.0. The highest BCUT2D eigenvalue weighted by molar-refractivity contribution is 7.90. The Morgan fingerprint density at radius 3 is 2.56 bits per heavy atom. The van der Waals surface area contributed by atoms with E-state index in [1.165, 1.54) is 6.26 Å². The number of methoxy groups -OCH3 is 1. The van der Waals surface area contributed by atoms with E-state index in [-0.39, 0.29) is 11.8 Å². The van der Waals surface area contributed by atoms with Gasteiger partial charge in [-0.25, -0.2) is 13.4 Å². The Hall–Kier alpha value is -2.28. The van der Waals surface area contributed by atoms with Crippen LogP contribution in [0.1, 0.15) is 25.8 Å². The number of rotatable bonds is 8. The number of guanidine groups is 1. The van der Waals surface area contributed by atoms with E-state index in [0.717, 1.165) is 28.6 Å². The summed E-state index contributed by atoms with van der Waals surface area (Å²) in [5.74, 6) is 1.69. The van der Waals surface area contributed by atoms with Gasteiger partial charge in [-0.05, 0) is 54.8 Å². The molecule has 148 valence electrons. The predicted octanol–water partition coefficient (Wildman–Crippen LogP) is 2.73. The molecule has 6 nitrogen and oxygen atoms in total. The molecule has 0 saturated carbocycles. The van der Waals surface area contributed by atoms with Crippen LogP contribution in [0.3, 0.4) is 0 Å². The number of hydrogen-bond acceptors (Lipinski definition) is 4. The fourth-order valence-corrected chi connectivity index (χ4v) is 3.47. The summed E-state index contributed by atoms with van der Waals surface area (Å²) in [7, 11) is -1.29. The molecule has 0 aromatic heterocycles. The Labute approximate surface area is 161 Å². The van der Waals surface area contributed by atoms with Crippen LogP contribution in [0.25, 0.3) is 10.8 Å². The second-order valence-electron chi connectivity index (χ2n) is 6.71. The van der Waals surface area contributed by atoms with Crippen molar-refractivity contribution in [2.45, 2.75) is 32.9 Å². The molecule has 0 radical (unpaired) electrons. The van der Waals surface area contributed by atoms with Crippen LogP contribution >= 0.6 is 0 Å². The molecule has 2 rings (SSSR count). The number of nitrogens with one attached hydrogen (secondary N) is 2. The third-order valence-electron chi connectivity index (χ3n) is 4.18. The van der Waals surface area contributed by atoms with Crippen molar-refractivity contribution in [1.82, 2.24) is 10.6 Å². The average Bonchev–Trinajstić information content (AvgIpc) is 2.63. The lowest BCUT2D eigenvalue weighted by molar-refractivity contribution is 0.415. The van der Waals surface area contributed by atoms with E-state index in [4.69, 9.17) is 4.74 Å². The summed E-state index contributed by atoms with van der Waals surface area (Å²) in [6.45, 7) is 5.24. The Bertz CT molecular complexity index is 894. The Kier molecular flexibility index (Phi) is 7.47. The number of fused-ring (bicyclic) bond motifs is 1. The maximum absolute atomic E-state index is 11.3. The van der Waals surface area contributed by atoms with Gasteiger partial charge in [0.1, 0.15) is 15.6 Å². The lowest BCUT2D eigenvalue weighted by Gasteiger charge is -2.17. The van der Waals surface area contributed by atoms with Gasteiger partial charge < -0.3 is 15.4 Å². The third kappa shape index (κ3) is 7.09. The molecule has 0 saturated heterocycles. The Balaban J connectivity index is 2.05. The van der Waals surface area contributed by atoms with E-state index in [0.29, 0.717) is 18.9 Å². The van der Waals surface area contributed by atoms with E-state index in [2.05, 4.69) is 33.8 Å². The zero-order chi connectivity index (χ0) is 19.9. The molecule has 0 spiro atoms. The largest absolute Gasteiger partial charge is 0.497 e. The summed E-state index contributed by atoms with van der Waals surface area (Å²) in [4.78, 5) is 4.63. The van der Waals surface area contributed by atoms with Crippen molar-refractivity contribution < 1.29 is 13.2 Å². The van der Waals surface area contributed by atoms with Crippen LogP contribution in [-0.4, -0.2) is 46.1 Å². The lowest BCUT2D eigenvalue weighted by Crippen LogP contribution is -2.42. The number of aliphatic imine (C=N–C) groups is 1. The second kappa shape index (κ2) is 9.60. The first-order valence-electron chi connectivity index (χ1n) is 9.10. The average molecular weight is 392 g/mol. The van der Waals surface area contributed by atoms with E-state index >= 15 is 0 Å². The van der Waals surface area contributed by atoms with E-state index < -0.39 is 9.84 Å². The molecule has 0 bridgehead atoms. The molecule has 2 aromatic rings. The maximum atomic E-state index is 11.3. The summed E-state index contributed by atoms with van der Waals surface area (Å²) in [6.07, 6.45) is 1.80. The number of ether oxygens (including phenoxy) is 1. The topological polar surface area (TPSA) is 79.8 Å². The summed E-state index contributed by atoms with van der Waals surface area (Å²) in [5.41, 5.74) is 1.11. The number of hydrogen-bond donors (Lipinski definition) is 2. The highest BCUT2D eigenvalue weighted by atomic mass is 32.2. The second-order valence-corrected chi connectivity index (χ2v) is 8.97. The standard InChI is InChI=1S/C20H29N3O3S/c1-5-21-20(23-15(2)10-11-27(4,24)25)22-14-16-6-7-18-13-19(26-3)9-8-17(18)12-16/h6-9,12-13,15H,5,10-11,14H2,1-4H3,(H2,21,22,23). The fraction of sp³-hybridized carbons (Fsp3) is 0.450. The lowest BCUT2D eigenvalue weighted by atomic mass is 10.1. The predicted molar refractivity (Wildman–Crippen MR) is 112 cm³/mol. The SMILES string of the molecule is CCNC(=NCc1ccc2cc(OC)ccc2c1)NC(C)CCS(C)(=O)=O. The van der Waals surface area contributed by atoms with Gasteiger partial charge in [0.2, 0.25) is 0 Å². The summed E-state index contributed by atoms with van der Waals surface area (Å²) < 4.78 is 27.9. The van der Waals surface area contributed by atoms with Crippen LogP contribution in [0.15, 0.2) is 41.4 Å². The van der Waals surface area contributed by atoms with Gasteiger partial charge in [0.25, 0.3) is 0 Å². The molecule has 0 heterocycles. The zero-order valence-electron chi connectivity index (χ0n) is 16.5. The minimum Gasteiger partial charge on any atom is -0.497 e. The molecular formula is C20H29N3O3S. The van der Waals surface area contributed by atoms with Crippen LogP contribution in [0.5, 0.6) is 5.75 Å². The van der Waals surface area contributed by atoms with Gasteiger partial charge in [-0.15, -0.1) is 0 Å². The molecule has 1 atom stereocenters. The molecule has 7 heteroatoms. The molecule has 0 fully saturated rings. The Morgan fingerprint density at radius 2 is 1.89 bits per heavy atom. The zero-order valence-corrected chi connectivity index (χ0v) is 17.3. The van der Waals surface area contributed by atoms with Gasteiger partial charge >= 0.3 is 0 Å². The quantitative estimate of drug-likeness (QED) is 0.534. The van der Waals surface area contributed by atoms with Gasteiger partial charge in [0.15, 0.2) is 5.96 Å². The van der Waals surface area contributed by atoms with Crippen LogP contribution in [0.4, 0.5) is 0 Å². The molecule has 1 unspecified atom stereocenters. The molecule has 2 aromatic carbocycles. The minimum atomic E-state index is -2.96. The third-order valence-corrected chi connectivity index (χ3v) is 5.16. The van der Waals surface area contributed by atoms with Crippen LogP contribution in [0.2, 0.25) is 0 Å². The first-order chi connectivity index (χ1) is 12.8. The number of nitrogens with zero attached hydrogens (tertiary/aromatic N) is 1. The van der Waals surface area contributed by atoms with Gasteiger partial charge in [-0.3, -0.25) is 0 Å². The van der Waals surface area contributed by atoms with E-state index in [9.17, 15) is 8.42 Å². The van der Waals surface area contributed by atoms with E-state index in [1.807, 2.05) is 32.0 Å². The number of benzene rings is 2. The van der Waals surface area contributed by atoms with Crippen LogP contribution < -0.4 is 15.4 Å². The fourth-order valence-electron chi connectivity index (χ4n) is 2.69. The summed E-state index contributed by atoms with van der Waals surface area (Å²) >= 11 is 0. The highest BCUT2D eigenvalue weighted by Crippen LogP contribution is 2.22. The molecular weight excluding hydrogens is 362 g/mol. The normalized spacial score (nSPS) is 13.4. The summed E-state index contributed by atoms with van der Waals surface area (Å²) in [6, 6.07) is 12.3.